The molecule has 1 heterocycles. The first-order valence-corrected chi connectivity index (χ1v) is 7.05. The van der Waals surface area contributed by atoms with Gasteiger partial charge in [0, 0.05) is 12.5 Å². The average molecular weight is 254 g/mol. The zero-order chi connectivity index (χ0) is 12.5. The highest BCUT2D eigenvalue weighted by molar-refractivity contribution is 5.80. The van der Waals surface area contributed by atoms with Crippen molar-refractivity contribution in [2.75, 3.05) is 19.7 Å². The van der Waals surface area contributed by atoms with E-state index in [1.807, 2.05) is 0 Å². The number of hydrogen-bond acceptors (Lipinski definition) is 4. The van der Waals surface area contributed by atoms with E-state index in [9.17, 15) is 9.90 Å². The van der Waals surface area contributed by atoms with Crippen LogP contribution >= 0.6 is 0 Å². The van der Waals surface area contributed by atoms with Gasteiger partial charge in [-0.25, -0.2) is 0 Å². The molecule has 18 heavy (non-hydrogen) atoms. The summed E-state index contributed by atoms with van der Waals surface area (Å²) in [7, 11) is 0. The lowest BCUT2D eigenvalue weighted by Crippen LogP contribution is -2.45. The fourth-order valence-corrected chi connectivity index (χ4v) is 2.37. The monoisotopic (exact) mass is 254 g/mol. The summed E-state index contributed by atoms with van der Waals surface area (Å²) < 4.78 is 5.55. The summed E-state index contributed by atoms with van der Waals surface area (Å²) in [5.41, 5.74) is 0. The van der Waals surface area contributed by atoms with Crippen LogP contribution in [0.2, 0.25) is 0 Å². The Labute approximate surface area is 107 Å². The molecule has 3 fully saturated rings. The van der Waals surface area contributed by atoms with Crippen LogP contribution in [0.5, 0.6) is 0 Å². The smallest absolute Gasteiger partial charge is 0.223 e. The molecule has 3 rings (SSSR count). The van der Waals surface area contributed by atoms with E-state index in [1.54, 1.807) is 0 Å². The first-order valence-electron chi connectivity index (χ1n) is 7.05. The highest BCUT2D eigenvalue weighted by Gasteiger charge is 2.37. The van der Waals surface area contributed by atoms with Gasteiger partial charge in [-0.1, -0.05) is 0 Å². The molecule has 102 valence electrons. The second-order valence-corrected chi connectivity index (χ2v) is 5.84. The van der Waals surface area contributed by atoms with Gasteiger partial charge in [-0.15, -0.1) is 0 Å². The summed E-state index contributed by atoms with van der Waals surface area (Å²) in [5, 5.41) is 16.3. The Balaban J connectivity index is 1.38. The number of aliphatic hydroxyl groups is 1. The van der Waals surface area contributed by atoms with Crippen LogP contribution in [0.1, 0.15) is 25.7 Å². The zero-order valence-electron chi connectivity index (χ0n) is 10.6. The van der Waals surface area contributed by atoms with Gasteiger partial charge in [-0.05, 0) is 38.1 Å². The molecule has 1 saturated heterocycles. The topological polar surface area (TPSA) is 70.6 Å². The SMILES string of the molecule is O=C(NC[C@H]1OC[C@@H](NCC2CC2)[C@@H]1O)C1CC1. The predicted molar refractivity (Wildman–Crippen MR) is 66.0 cm³/mol. The van der Waals surface area contributed by atoms with Gasteiger partial charge in [0.25, 0.3) is 0 Å². The minimum absolute atomic E-state index is 0.0217. The van der Waals surface area contributed by atoms with E-state index >= 15 is 0 Å². The van der Waals surface area contributed by atoms with Crippen molar-refractivity contribution in [3.8, 4) is 0 Å². The molecule has 2 aliphatic carbocycles. The summed E-state index contributed by atoms with van der Waals surface area (Å²) in [6.45, 7) is 1.95. The lowest BCUT2D eigenvalue weighted by molar-refractivity contribution is -0.123. The number of carbonyl (C=O) groups excluding carboxylic acids is 1. The predicted octanol–water partition coefficient (Wildman–Crippen LogP) is -0.359. The third-order valence-electron chi connectivity index (χ3n) is 4.07. The second kappa shape index (κ2) is 5.15. The van der Waals surface area contributed by atoms with E-state index in [1.165, 1.54) is 12.8 Å². The number of ether oxygens (including phenoxy) is 1. The number of hydrogen-bond donors (Lipinski definition) is 3. The maximum absolute atomic E-state index is 11.5. The average Bonchev–Trinajstić information content (AvgIpc) is 3.25. The molecular formula is C13H22N2O3. The number of nitrogens with one attached hydrogen (secondary N) is 2. The molecule has 3 aliphatic rings. The number of aliphatic hydroxyl groups excluding tert-OH is 1. The third-order valence-corrected chi connectivity index (χ3v) is 4.07. The molecular weight excluding hydrogens is 232 g/mol. The van der Waals surface area contributed by atoms with Crippen molar-refractivity contribution < 1.29 is 14.6 Å². The van der Waals surface area contributed by atoms with Gasteiger partial charge in [-0.2, -0.15) is 0 Å². The van der Waals surface area contributed by atoms with E-state index in [0.29, 0.717) is 13.2 Å². The van der Waals surface area contributed by atoms with Crippen molar-refractivity contribution in [3.05, 3.63) is 0 Å². The maximum Gasteiger partial charge on any atom is 0.223 e. The van der Waals surface area contributed by atoms with E-state index in [4.69, 9.17) is 4.74 Å². The van der Waals surface area contributed by atoms with Crippen molar-refractivity contribution in [1.29, 1.82) is 0 Å². The van der Waals surface area contributed by atoms with Gasteiger partial charge in [0.2, 0.25) is 5.91 Å². The van der Waals surface area contributed by atoms with Crippen LogP contribution in [0, 0.1) is 11.8 Å². The van der Waals surface area contributed by atoms with E-state index < -0.39 is 6.10 Å². The molecule has 1 amide bonds. The van der Waals surface area contributed by atoms with E-state index in [-0.39, 0.29) is 24.0 Å². The molecule has 1 aliphatic heterocycles. The third kappa shape index (κ3) is 3.02. The minimum Gasteiger partial charge on any atom is -0.389 e. The number of amides is 1. The van der Waals surface area contributed by atoms with Crippen LogP contribution in [0.15, 0.2) is 0 Å². The van der Waals surface area contributed by atoms with Crippen LogP contribution in [-0.2, 0) is 9.53 Å². The summed E-state index contributed by atoms with van der Waals surface area (Å²) in [6.07, 6.45) is 3.85. The van der Waals surface area contributed by atoms with Crippen molar-refractivity contribution >= 4 is 5.91 Å². The fraction of sp³-hybridized carbons (Fsp3) is 0.923. The van der Waals surface area contributed by atoms with Crippen LogP contribution in [0.25, 0.3) is 0 Å². The standard InChI is InChI=1S/C13H22N2O3/c16-12-10(14-5-8-1-2-8)7-18-11(12)6-15-13(17)9-3-4-9/h8-12,14,16H,1-7H2,(H,15,17)/t10-,11-,12+/m1/s1. The summed E-state index contributed by atoms with van der Waals surface area (Å²) in [4.78, 5) is 11.5. The highest BCUT2D eigenvalue weighted by Crippen LogP contribution is 2.29. The largest absolute Gasteiger partial charge is 0.389 e. The molecule has 0 aromatic rings. The Bertz CT molecular complexity index is 315. The van der Waals surface area contributed by atoms with Gasteiger partial charge in [0.1, 0.15) is 6.10 Å². The summed E-state index contributed by atoms with van der Waals surface area (Å²) in [6, 6.07) is 0.0217. The second-order valence-electron chi connectivity index (χ2n) is 5.84. The first kappa shape index (κ1) is 12.4. The Hall–Kier alpha value is -0.650. The van der Waals surface area contributed by atoms with Crippen LogP contribution in [0.4, 0.5) is 0 Å². The van der Waals surface area contributed by atoms with Gasteiger partial charge in [-0.3, -0.25) is 4.79 Å². The lowest BCUT2D eigenvalue weighted by atomic mass is 10.1. The van der Waals surface area contributed by atoms with Crippen LogP contribution < -0.4 is 10.6 Å². The Morgan fingerprint density at radius 2 is 2.00 bits per heavy atom. The molecule has 0 aromatic carbocycles. The van der Waals surface area contributed by atoms with Crippen LogP contribution in [-0.4, -0.2) is 49.0 Å². The maximum atomic E-state index is 11.5. The number of carbonyl (C=O) groups is 1. The minimum atomic E-state index is -0.511. The Morgan fingerprint density at radius 3 is 2.67 bits per heavy atom. The lowest BCUT2D eigenvalue weighted by Gasteiger charge is -2.18. The van der Waals surface area contributed by atoms with Crippen molar-refractivity contribution in [2.45, 2.75) is 43.9 Å². The summed E-state index contributed by atoms with van der Waals surface area (Å²) in [5.74, 6) is 1.12. The normalized spacial score (nSPS) is 35.7. The Kier molecular flexibility index (Phi) is 3.54. The fourth-order valence-electron chi connectivity index (χ4n) is 2.37. The molecule has 0 radical (unpaired) electrons. The molecule has 0 aromatic heterocycles. The molecule has 0 unspecified atom stereocenters. The van der Waals surface area contributed by atoms with E-state index in [0.717, 1.165) is 25.3 Å². The van der Waals surface area contributed by atoms with Gasteiger partial charge < -0.3 is 20.5 Å². The van der Waals surface area contributed by atoms with Gasteiger partial charge >= 0.3 is 0 Å². The number of rotatable bonds is 6. The molecule has 0 spiro atoms. The Morgan fingerprint density at radius 1 is 1.22 bits per heavy atom. The molecule has 0 bridgehead atoms. The quantitative estimate of drug-likeness (QED) is 0.605. The van der Waals surface area contributed by atoms with Gasteiger partial charge in [0.15, 0.2) is 0 Å². The zero-order valence-corrected chi connectivity index (χ0v) is 10.6. The molecule has 2 saturated carbocycles. The molecule has 5 heteroatoms. The van der Waals surface area contributed by atoms with Crippen molar-refractivity contribution in [1.82, 2.24) is 10.6 Å². The molecule has 3 atom stereocenters. The molecule has 3 N–H and O–H groups in total. The summed E-state index contributed by atoms with van der Waals surface area (Å²) >= 11 is 0. The molecule has 5 nitrogen and oxygen atoms in total. The highest BCUT2D eigenvalue weighted by atomic mass is 16.5. The first-order chi connectivity index (χ1) is 8.74. The van der Waals surface area contributed by atoms with Gasteiger partial charge in [0.05, 0.1) is 18.8 Å². The van der Waals surface area contributed by atoms with Crippen molar-refractivity contribution in [2.24, 2.45) is 11.8 Å². The van der Waals surface area contributed by atoms with E-state index in [2.05, 4.69) is 10.6 Å². The van der Waals surface area contributed by atoms with Crippen molar-refractivity contribution in [3.63, 3.8) is 0 Å². The van der Waals surface area contributed by atoms with Crippen LogP contribution in [0.3, 0.4) is 0 Å².